The highest BCUT2D eigenvalue weighted by molar-refractivity contribution is 5.85. The Labute approximate surface area is 167 Å². The Kier molecular flexibility index (Phi) is 4.67. The van der Waals surface area contributed by atoms with Crippen molar-refractivity contribution in [3.63, 3.8) is 0 Å². The summed E-state index contributed by atoms with van der Waals surface area (Å²) >= 11 is 0. The summed E-state index contributed by atoms with van der Waals surface area (Å²) in [6.07, 6.45) is -0.0357. The minimum Gasteiger partial charge on any atom is -0.481 e. The molecule has 0 unspecified atom stereocenters. The third-order valence-electron chi connectivity index (χ3n) is 4.15. The number of allylic oxidation sites excluding steroid dienone is 2. The molecule has 152 valence electrons. The van der Waals surface area contributed by atoms with Crippen molar-refractivity contribution in [2.75, 3.05) is 7.11 Å². The zero-order valence-corrected chi connectivity index (χ0v) is 15.4. The molecule has 1 aliphatic rings. The van der Waals surface area contributed by atoms with Gasteiger partial charge in [-0.05, 0) is 30.3 Å². The number of halogens is 3. The summed E-state index contributed by atoms with van der Waals surface area (Å²) in [6.45, 7) is 0. The first-order valence-corrected chi connectivity index (χ1v) is 8.51. The Bertz CT molecular complexity index is 1210. The van der Waals surface area contributed by atoms with Crippen molar-refractivity contribution < 1.29 is 22.6 Å². The summed E-state index contributed by atoms with van der Waals surface area (Å²) in [5, 5.41) is 8.98. The molecule has 0 amide bonds. The first-order valence-electron chi connectivity index (χ1n) is 8.51. The number of methoxy groups -OCH3 is 1. The number of benzene rings is 1. The van der Waals surface area contributed by atoms with Gasteiger partial charge in [0, 0.05) is 18.3 Å². The number of ether oxygens (including phenoxy) is 2. The first kappa shape index (κ1) is 19.1. The lowest BCUT2D eigenvalue weighted by Crippen LogP contribution is -2.34. The zero-order chi connectivity index (χ0) is 21.3. The van der Waals surface area contributed by atoms with Crippen molar-refractivity contribution in [2.45, 2.75) is 6.36 Å². The number of aromatic nitrogens is 3. The minimum absolute atomic E-state index is 0.266. The van der Waals surface area contributed by atoms with E-state index in [-0.39, 0.29) is 11.3 Å². The highest BCUT2D eigenvalue weighted by Gasteiger charge is 2.31. The average Bonchev–Trinajstić information content (AvgIpc) is 3.11. The SMILES string of the molecule is COC1=CC=C(n2c(-c3ccc(C#N)cn3)nc3cc(OC(F)(F)F)ccc32)NN1. The molecule has 30 heavy (non-hydrogen) atoms. The second-order valence-corrected chi connectivity index (χ2v) is 6.05. The molecule has 0 fully saturated rings. The molecule has 3 heterocycles. The van der Waals surface area contributed by atoms with E-state index in [4.69, 9.17) is 10.00 Å². The summed E-state index contributed by atoms with van der Waals surface area (Å²) in [5.74, 6) is 0.976. The van der Waals surface area contributed by atoms with Gasteiger partial charge in [0.25, 0.3) is 0 Å². The zero-order valence-electron chi connectivity index (χ0n) is 15.4. The summed E-state index contributed by atoms with van der Waals surface area (Å²) in [7, 11) is 1.50. The van der Waals surface area contributed by atoms with Gasteiger partial charge in [-0.15, -0.1) is 13.2 Å². The van der Waals surface area contributed by atoms with E-state index in [0.29, 0.717) is 34.3 Å². The summed E-state index contributed by atoms with van der Waals surface area (Å²) in [5.41, 5.74) is 7.37. The molecule has 1 aromatic carbocycles. The van der Waals surface area contributed by atoms with Crippen molar-refractivity contribution in [1.82, 2.24) is 25.4 Å². The summed E-state index contributed by atoms with van der Waals surface area (Å²) < 4.78 is 48.6. The summed E-state index contributed by atoms with van der Waals surface area (Å²) in [4.78, 5) is 8.70. The molecule has 0 saturated carbocycles. The van der Waals surface area contributed by atoms with E-state index in [1.54, 1.807) is 28.9 Å². The number of hydrogen-bond donors (Lipinski definition) is 2. The van der Waals surface area contributed by atoms with Crippen LogP contribution < -0.4 is 15.6 Å². The largest absolute Gasteiger partial charge is 0.573 e. The number of imidazole rings is 1. The van der Waals surface area contributed by atoms with Gasteiger partial charge < -0.3 is 9.47 Å². The van der Waals surface area contributed by atoms with E-state index >= 15 is 0 Å². The van der Waals surface area contributed by atoms with Crippen LogP contribution in [0.5, 0.6) is 5.75 Å². The minimum atomic E-state index is -4.81. The van der Waals surface area contributed by atoms with E-state index in [1.807, 2.05) is 6.07 Å². The smallest absolute Gasteiger partial charge is 0.481 e. The number of hydrazine groups is 1. The van der Waals surface area contributed by atoms with Crippen LogP contribution in [-0.4, -0.2) is 28.0 Å². The normalized spacial score (nSPS) is 13.6. The van der Waals surface area contributed by atoms with E-state index < -0.39 is 6.36 Å². The van der Waals surface area contributed by atoms with Crippen molar-refractivity contribution >= 4 is 16.9 Å². The van der Waals surface area contributed by atoms with Crippen LogP contribution in [0.25, 0.3) is 28.4 Å². The Hall–Kier alpha value is -4.20. The van der Waals surface area contributed by atoms with Crippen molar-refractivity contribution in [3.05, 3.63) is 60.1 Å². The molecule has 11 heteroatoms. The van der Waals surface area contributed by atoms with Gasteiger partial charge in [0.05, 0.1) is 23.7 Å². The second-order valence-electron chi connectivity index (χ2n) is 6.05. The molecular weight excluding hydrogens is 401 g/mol. The number of rotatable bonds is 4. The lowest BCUT2D eigenvalue weighted by atomic mass is 10.2. The highest BCUT2D eigenvalue weighted by Crippen LogP contribution is 2.31. The Balaban J connectivity index is 1.88. The maximum absolute atomic E-state index is 12.6. The maximum atomic E-state index is 12.6. The van der Waals surface area contributed by atoms with Gasteiger partial charge in [0.1, 0.15) is 23.3 Å². The van der Waals surface area contributed by atoms with Gasteiger partial charge in [0.2, 0.25) is 5.88 Å². The van der Waals surface area contributed by atoms with E-state index in [9.17, 15) is 13.2 Å². The number of nitriles is 1. The number of pyridine rings is 1. The van der Waals surface area contributed by atoms with Gasteiger partial charge in [-0.2, -0.15) is 5.26 Å². The average molecular weight is 414 g/mol. The van der Waals surface area contributed by atoms with Crippen LogP contribution in [0, 0.1) is 11.3 Å². The van der Waals surface area contributed by atoms with Gasteiger partial charge in [0.15, 0.2) is 5.82 Å². The molecule has 0 saturated heterocycles. The molecule has 8 nitrogen and oxygen atoms in total. The van der Waals surface area contributed by atoms with Crippen LogP contribution in [0.2, 0.25) is 0 Å². The van der Waals surface area contributed by atoms with Crippen molar-refractivity contribution in [2.24, 2.45) is 0 Å². The fourth-order valence-electron chi connectivity index (χ4n) is 2.88. The predicted octanol–water partition coefficient (Wildman–Crippen LogP) is 3.26. The Morgan fingerprint density at radius 1 is 1.13 bits per heavy atom. The quantitative estimate of drug-likeness (QED) is 0.676. The number of fused-ring (bicyclic) bond motifs is 1. The molecule has 0 bridgehead atoms. The first-order chi connectivity index (χ1) is 14.4. The lowest BCUT2D eigenvalue weighted by molar-refractivity contribution is -0.274. The number of hydrogen-bond acceptors (Lipinski definition) is 7. The van der Waals surface area contributed by atoms with Gasteiger partial charge in [-0.1, -0.05) is 0 Å². The fraction of sp³-hybridized carbons (Fsp3) is 0.105. The molecule has 0 aliphatic carbocycles. The molecule has 4 rings (SSSR count). The topological polar surface area (TPSA) is 97.0 Å². The Morgan fingerprint density at radius 2 is 1.97 bits per heavy atom. The van der Waals surface area contributed by atoms with Gasteiger partial charge >= 0.3 is 6.36 Å². The maximum Gasteiger partial charge on any atom is 0.573 e. The predicted molar refractivity (Wildman–Crippen MR) is 100.0 cm³/mol. The Morgan fingerprint density at radius 3 is 2.57 bits per heavy atom. The van der Waals surface area contributed by atoms with E-state index in [1.165, 1.54) is 31.5 Å². The van der Waals surface area contributed by atoms with E-state index in [0.717, 1.165) is 0 Å². The standard InChI is InChI=1S/C19H13F3N6O2/c1-29-17-7-6-16(26-27-17)28-15-5-3-12(30-19(20,21)22)8-14(15)25-18(28)13-4-2-11(9-23)10-24-13/h2-8,10,26-27H,1H3. The third kappa shape index (κ3) is 3.70. The number of nitrogens with zero attached hydrogens (tertiary/aromatic N) is 4. The van der Waals surface area contributed by atoms with Crippen LogP contribution >= 0.6 is 0 Å². The molecular formula is C19H13F3N6O2. The lowest BCUT2D eigenvalue weighted by Gasteiger charge is -2.20. The molecule has 3 aromatic rings. The van der Waals surface area contributed by atoms with Crippen molar-refractivity contribution in [3.8, 4) is 23.3 Å². The molecule has 0 atom stereocenters. The molecule has 0 spiro atoms. The van der Waals surface area contributed by atoms with E-state index in [2.05, 4.69) is 25.6 Å². The van der Waals surface area contributed by atoms with Crippen LogP contribution in [0.4, 0.5) is 13.2 Å². The molecule has 1 aliphatic heterocycles. The van der Waals surface area contributed by atoms with Gasteiger partial charge in [-0.25, -0.2) is 4.98 Å². The second kappa shape index (κ2) is 7.32. The van der Waals surface area contributed by atoms with Crippen LogP contribution in [0.15, 0.2) is 54.6 Å². The number of nitrogens with one attached hydrogen (secondary N) is 2. The molecule has 2 N–H and O–H groups in total. The third-order valence-corrected chi connectivity index (χ3v) is 4.15. The van der Waals surface area contributed by atoms with Crippen LogP contribution in [0.1, 0.15) is 5.56 Å². The summed E-state index contributed by atoms with van der Waals surface area (Å²) in [6, 6.07) is 9.03. The van der Waals surface area contributed by atoms with Crippen LogP contribution in [-0.2, 0) is 4.74 Å². The van der Waals surface area contributed by atoms with Crippen LogP contribution in [0.3, 0.4) is 0 Å². The van der Waals surface area contributed by atoms with Crippen molar-refractivity contribution in [1.29, 1.82) is 5.26 Å². The molecule has 0 radical (unpaired) electrons. The fourth-order valence-corrected chi connectivity index (χ4v) is 2.88. The highest BCUT2D eigenvalue weighted by atomic mass is 19.4. The van der Waals surface area contributed by atoms with Gasteiger partial charge in [-0.3, -0.25) is 20.4 Å². The number of alkyl halides is 3. The molecule has 2 aromatic heterocycles. The monoisotopic (exact) mass is 414 g/mol.